The van der Waals surface area contributed by atoms with Crippen molar-refractivity contribution in [1.29, 1.82) is 0 Å². The van der Waals surface area contributed by atoms with Crippen molar-refractivity contribution in [2.45, 2.75) is 13.0 Å². The Kier molecular flexibility index (Phi) is 4.22. The quantitative estimate of drug-likeness (QED) is 0.925. The number of ether oxygens (including phenoxy) is 1. The highest BCUT2D eigenvalue weighted by molar-refractivity contribution is 9.10. The van der Waals surface area contributed by atoms with E-state index in [0.717, 1.165) is 4.47 Å². The Hall–Kier alpha value is -1.39. The molecule has 1 unspecified atom stereocenters. The van der Waals surface area contributed by atoms with Gasteiger partial charge in [-0.3, -0.25) is 0 Å². The van der Waals surface area contributed by atoms with E-state index in [1.807, 2.05) is 0 Å². The third-order valence-corrected chi connectivity index (χ3v) is 3.73. The first kappa shape index (κ1) is 14.0. The number of aryl methyl sites for hydroxylation is 1. The first-order chi connectivity index (χ1) is 9.02. The molecule has 1 atom stereocenters. The summed E-state index contributed by atoms with van der Waals surface area (Å²) >= 11 is 3.38. The number of hydrogen-bond acceptors (Lipinski definition) is 2. The van der Waals surface area contributed by atoms with Crippen LogP contribution in [-0.2, 0) is 0 Å². The summed E-state index contributed by atoms with van der Waals surface area (Å²) in [5.74, 6) is 0.320. The van der Waals surface area contributed by atoms with Crippen molar-refractivity contribution in [2.24, 2.45) is 0 Å². The van der Waals surface area contributed by atoms with E-state index in [-0.39, 0.29) is 5.82 Å². The van der Waals surface area contributed by atoms with E-state index in [1.54, 1.807) is 44.4 Å². The highest BCUT2D eigenvalue weighted by Crippen LogP contribution is 2.32. The summed E-state index contributed by atoms with van der Waals surface area (Å²) in [6, 6.07) is 10.0. The van der Waals surface area contributed by atoms with Gasteiger partial charge in [-0.2, -0.15) is 0 Å². The lowest BCUT2D eigenvalue weighted by molar-refractivity contribution is 0.218. The van der Waals surface area contributed by atoms with Crippen LogP contribution in [0.25, 0.3) is 0 Å². The van der Waals surface area contributed by atoms with Crippen LogP contribution in [0.4, 0.5) is 4.39 Å². The third-order valence-electron chi connectivity index (χ3n) is 3.01. The smallest absolute Gasteiger partial charge is 0.126 e. The molecule has 100 valence electrons. The molecular weight excluding hydrogens is 311 g/mol. The molecule has 0 saturated heterocycles. The molecule has 0 heterocycles. The van der Waals surface area contributed by atoms with Crippen molar-refractivity contribution in [3.63, 3.8) is 0 Å². The van der Waals surface area contributed by atoms with Gasteiger partial charge >= 0.3 is 0 Å². The summed E-state index contributed by atoms with van der Waals surface area (Å²) in [7, 11) is 1.56. The van der Waals surface area contributed by atoms with E-state index in [9.17, 15) is 9.50 Å². The topological polar surface area (TPSA) is 29.5 Å². The lowest BCUT2D eigenvalue weighted by Crippen LogP contribution is -2.02. The molecule has 0 fully saturated rings. The predicted octanol–water partition coefficient (Wildman–Crippen LogP) is 3.99. The molecule has 2 aromatic rings. The molecule has 2 aromatic carbocycles. The van der Waals surface area contributed by atoms with Crippen LogP contribution in [0, 0.1) is 12.7 Å². The molecule has 0 aliphatic carbocycles. The van der Waals surface area contributed by atoms with E-state index >= 15 is 0 Å². The number of aliphatic hydroxyl groups is 1. The highest BCUT2D eigenvalue weighted by Gasteiger charge is 2.15. The van der Waals surface area contributed by atoms with Gasteiger partial charge in [0, 0.05) is 10.0 Å². The summed E-state index contributed by atoms with van der Waals surface area (Å²) in [6.45, 7) is 1.69. The first-order valence-electron chi connectivity index (χ1n) is 5.80. The molecule has 0 radical (unpaired) electrons. The number of methoxy groups -OCH3 is 1. The summed E-state index contributed by atoms with van der Waals surface area (Å²) in [5.41, 5.74) is 1.71. The summed E-state index contributed by atoms with van der Waals surface area (Å²) in [4.78, 5) is 0. The summed E-state index contributed by atoms with van der Waals surface area (Å²) in [5, 5.41) is 10.4. The minimum atomic E-state index is -0.903. The van der Waals surface area contributed by atoms with E-state index in [4.69, 9.17) is 4.74 Å². The van der Waals surface area contributed by atoms with Crippen LogP contribution in [0.5, 0.6) is 5.75 Å². The Morgan fingerprint density at radius 1 is 1.21 bits per heavy atom. The SMILES string of the molecule is COc1ccc(Br)c(C(O)c2ccc(C)c(F)c2)c1. The molecule has 0 aromatic heterocycles. The monoisotopic (exact) mass is 324 g/mol. The average molecular weight is 325 g/mol. The zero-order chi connectivity index (χ0) is 14.0. The molecule has 0 aliphatic rings. The van der Waals surface area contributed by atoms with E-state index in [2.05, 4.69) is 15.9 Å². The van der Waals surface area contributed by atoms with Gasteiger partial charge in [0.25, 0.3) is 0 Å². The number of halogens is 2. The second kappa shape index (κ2) is 5.72. The van der Waals surface area contributed by atoms with Gasteiger partial charge in [0.05, 0.1) is 7.11 Å². The Morgan fingerprint density at radius 2 is 1.95 bits per heavy atom. The van der Waals surface area contributed by atoms with Crippen LogP contribution < -0.4 is 4.74 Å². The van der Waals surface area contributed by atoms with Gasteiger partial charge in [-0.15, -0.1) is 0 Å². The van der Waals surface area contributed by atoms with Gasteiger partial charge in [0.2, 0.25) is 0 Å². The number of benzene rings is 2. The molecular formula is C15H14BrFO2. The Labute approximate surface area is 120 Å². The number of rotatable bonds is 3. The molecule has 2 rings (SSSR count). The maximum atomic E-state index is 13.6. The van der Waals surface area contributed by atoms with Crippen LogP contribution in [0.15, 0.2) is 40.9 Å². The fourth-order valence-corrected chi connectivity index (χ4v) is 2.28. The fraction of sp³-hybridized carbons (Fsp3) is 0.200. The lowest BCUT2D eigenvalue weighted by Gasteiger charge is -2.15. The Balaban J connectivity index is 2.42. The van der Waals surface area contributed by atoms with Crippen LogP contribution in [0.3, 0.4) is 0 Å². The van der Waals surface area contributed by atoms with Gasteiger partial charge in [-0.1, -0.05) is 28.1 Å². The highest BCUT2D eigenvalue weighted by atomic mass is 79.9. The normalized spacial score (nSPS) is 12.3. The number of hydrogen-bond donors (Lipinski definition) is 1. The second-order valence-corrected chi connectivity index (χ2v) is 5.15. The molecule has 4 heteroatoms. The Bertz CT molecular complexity index is 599. The number of aliphatic hydroxyl groups excluding tert-OH is 1. The summed E-state index contributed by atoms with van der Waals surface area (Å²) < 4.78 is 19.4. The molecule has 19 heavy (non-hydrogen) atoms. The van der Waals surface area contributed by atoms with E-state index < -0.39 is 6.10 Å². The lowest BCUT2D eigenvalue weighted by atomic mass is 10.00. The fourth-order valence-electron chi connectivity index (χ4n) is 1.82. The van der Waals surface area contributed by atoms with Crippen LogP contribution >= 0.6 is 15.9 Å². The van der Waals surface area contributed by atoms with Crippen molar-refractivity contribution in [2.75, 3.05) is 7.11 Å². The van der Waals surface area contributed by atoms with Crippen molar-refractivity contribution >= 4 is 15.9 Å². The van der Waals surface area contributed by atoms with Crippen LogP contribution in [-0.4, -0.2) is 12.2 Å². The maximum absolute atomic E-state index is 13.6. The molecule has 1 N–H and O–H groups in total. The van der Waals surface area contributed by atoms with E-state index in [1.165, 1.54) is 6.07 Å². The zero-order valence-electron chi connectivity index (χ0n) is 10.7. The van der Waals surface area contributed by atoms with Gasteiger partial charge < -0.3 is 9.84 Å². The molecule has 0 amide bonds. The minimum Gasteiger partial charge on any atom is -0.497 e. The Morgan fingerprint density at radius 3 is 2.58 bits per heavy atom. The van der Waals surface area contributed by atoms with Gasteiger partial charge in [-0.25, -0.2) is 4.39 Å². The van der Waals surface area contributed by atoms with Gasteiger partial charge in [0.15, 0.2) is 0 Å². The van der Waals surface area contributed by atoms with Gasteiger partial charge in [0.1, 0.15) is 17.7 Å². The largest absolute Gasteiger partial charge is 0.497 e. The minimum absolute atomic E-state index is 0.324. The van der Waals surface area contributed by atoms with Crippen molar-refractivity contribution in [1.82, 2.24) is 0 Å². The second-order valence-electron chi connectivity index (χ2n) is 4.30. The predicted molar refractivity (Wildman–Crippen MR) is 75.9 cm³/mol. The molecule has 0 bridgehead atoms. The first-order valence-corrected chi connectivity index (χ1v) is 6.59. The third kappa shape index (κ3) is 2.96. The summed E-state index contributed by atoms with van der Waals surface area (Å²) in [6.07, 6.45) is -0.903. The molecule has 0 aliphatic heterocycles. The average Bonchev–Trinajstić information content (AvgIpc) is 2.41. The van der Waals surface area contributed by atoms with Crippen molar-refractivity contribution < 1.29 is 14.2 Å². The standard InChI is InChI=1S/C15H14BrFO2/c1-9-3-4-10(7-14(9)17)15(18)12-8-11(19-2)5-6-13(12)16/h3-8,15,18H,1-2H3. The maximum Gasteiger partial charge on any atom is 0.126 e. The van der Waals surface area contributed by atoms with Gasteiger partial charge in [-0.05, 0) is 42.3 Å². The van der Waals surface area contributed by atoms with Crippen LogP contribution in [0.1, 0.15) is 22.8 Å². The zero-order valence-corrected chi connectivity index (χ0v) is 12.2. The molecule has 0 spiro atoms. The van der Waals surface area contributed by atoms with Crippen molar-refractivity contribution in [3.05, 3.63) is 63.4 Å². The molecule has 0 saturated carbocycles. The van der Waals surface area contributed by atoms with E-state index in [0.29, 0.717) is 22.4 Å². The molecule has 2 nitrogen and oxygen atoms in total. The van der Waals surface area contributed by atoms with Crippen molar-refractivity contribution in [3.8, 4) is 5.75 Å². The van der Waals surface area contributed by atoms with Crippen LogP contribution in [0.2, 0.25) is 0 Å².